The Morgan fingerprint density at radius 3 is 2.74 bits per heavy atom. The molecule has 0 saturated carbocycles. The third-order valence-corrected chi connectivity index (χ3v) is 4.51. The van der Waals surface area contributed by atoms with E-state index in [-0.39, 0.29) is 6.04 Å². The van der Waals surface area contributed by atoms with Gasteiger partial charge >= 0.3 is 0 Å². The van der Waals surface area contributed by atoms with E-state index in [1.165, 1.54) is 11.1 Å². The van der Waals surface area contributed by atoms with E-state index < -0.39 is 0 Å². The van der Waals surface area contributed by atoms with Crippen molar-refractivity contribution in [1.82, 2.24) is 10.2 Å². The maximum Gasteiger partial charge on any atom is 0.206 e. The summed E-state index contributed by atoms with van der Waals surface area (Å²) >= 11 is 1.55. The van der Waals surface area contributed by atoms with E-state index >= 15 is 0 Å². The molecule has 2 unspecified atom stereocenters. The van der Waals surface area contributed by atoms with Crippen molar-refractivity contribution in [1.29, 1.82) is 0 Å². The lowest BCUT2D eigenvalue weighted by atomic mass is 9.97. The first-order valence-corrected chi connectivity index (χ1v) is 7.27. The van der Waals surface area contributed by atoms with E-state index in [9.17, 15) is 5.11 Å². The number of aryl methyl sites for hydroxylation is 2. The molecule has 0 radical (unpaired) electrons. The van der Waals surface area contributed by atoms with Crippen molar-refractivity contribution < 1.29 is 5.11 Å². The standard InChI is InChI=1S/C14H17N3OS/c1-7-4-5-11(18)13-10(6-8(2)12(7)13)15-14-17-16-9(3)19-14/h4-5,8,10,18H,6H2,1-3H3,(H,15,17). The number of nitrogens with zero attached hydrogens (tertiary/aromatic N) is 2. The fourth-order valence-corrected chi connectivity index (χ4v) is 3.62. The predicted molar refractivity (Wildman–Crippen MR) is 76.9 cm³/mol. The number of fused-ring (bicyclic) bond motifs is 1. The first-order chi connectivity index (χ1) is 9.06. The number of benzene rings is 1. The molecule has 3 rings (SSSR count). The molecule has 2 N–H and O–H groups in total. The minimum Gasteiger partial charge on any atom is -0.508 e. The van der Waals surface area contributed by atoms with Crippen LogP contribution in [0.3, 0.4) is 0 Å². The summed E-state index contributed by atoms with van der Waals surface area (Å²) in [6.07, 6.45) is 0.979. The Morgan fingerprint density at radius 2 is 2.05 bits per heavy atom. The Balaban J connectivity index is 1.97. The smallest absolute Gasteiger partial charge is 0.206 e. The van der Waals surface area contributed by atoms with Crippen molar-refractivity contribution in [2.24, 2.45) is 0 Å². The van der Waals surface area contributed by atoms with Crippen LogP contribution in [0.25, 0.3) is 0 Å². The summed E-state index contributed by atoms with van der Waals surface area (Å²) in [5.41, 5.74) is 3.55. The largest absolute Gasteiger partial charge is 0.508 e. The lowest BCUT2D eigenvalue weighted by Gasteiger charge is -2.14. The van der Waals surface area contributed by atoms with Crippen molar-refractivity contribution in [3.63, 3.8) is 0 Å². The molecule has 100 valence electrons. The van der Waals surface area contributed by atoms with Gasteiger partial charge in [-0.3, -0.25) is 0 Å². The number of anilines is 1. The molecule has 0 fully saturated rings. The summed E-state index contributed by atoms with van der Waals surface area (Å²) in [7, 11) is 0. The van der Waals surface area contributed by atoms with Gasteiger partial charge in [0.05, 0.1) is 6.04 Å². The van der Waals surface area contributed by atoms with Crippen molar-refractivity contribution >= 4 is 16.5 Å². The van der Waals surface area contributed by atoms with Crippen LogP contribution in [0.4, 0.5) is 5.13 Å². The third-order valence-electron chi connectivity index (χ3n) is 3.74. The Bertz CT molecular complexity index is 623. The summed E-state index contributed by atoms with van der Waals surface area (Å²) in [4.78, 5) is 0. The highest BCUT2D eigenvalue weighted by atomic mass is 32.1. The molecule has 1 heterocycles. The summed E-state index contributed by atoms with van der Waals surface area (Å²) in [5.74, 6) is 0.831. The molecule has 1 aromatic carbocycles. The topological polar surface area (TPSA) is 58.0 Å². The number of rotatable bonds is 2. The Hall–Kier alpha value is -1.62. The first-order valence-electron chi connectivity index (χ1n) is 6.45. The van der Waals surface area contributed by atoms with E-state index in [4.69, 9.17) is 0 Å². The molecule has 2 aromatic rings. The Labute approximate surface area is 116 Å². The SMILES string of the molecule is Cc1nnc(NC2CC(C)c3c(C)ccc(O)c32)s1. The number of aromatic hydroxyl groups is 1. The zero-order valence-corrected chi connectivity index (χ0v) is 12.1. The fourth-order valence-electron chi connectivity index (χ4n) is 2.98. The van der Waals surface area contributed by atoms with E-state index in [0.717, 1.165) is 22.1 Å². The molecule has 5 heteroatoms. The van der Waals surface area contributed by atoms with E-state index in [1.54, 1.807) is 17.4 Å². The van der Waals surface area contributed by atoms with Gasteiger partial charge in [-0.15, -0.1) is 10.2 Å². The van der Waals surface area contributed by atoms with Crippen LogP contribution < -0.4 is 5.32 Å². The van der Waals surface area contributed by atoms with Crippen molar-refractivity contribution in [2.75, 3.05) is 5.32 Å². The highest BCUT2D eigenvalue weighted by Crippen LogP contribution is 2.47. The van der Waals surface area contributed by atoms with Crippen LogP contribution in [-0.4, -0.2) is 15.3 Å². The lowest BCUT2D eigenvalue weighted by Crippen LogP contribution is -2.07. The van der Waals surface area contributed by atoms with Crippen LogP contribution in [0, 0.1) is 13.8 Å². The predicted octanol–water partition coefficient (Wildman–Crippen LogP) is 3.52. The second kappa shape index (κ2) is 4.49. The molecule has 0 amide bonds. The lowest BCUT2D eigenvalue weighted by molar-refractivity contribution is 0.465. The number of hydrogen-bond acceptors (Lipinski definition) is 5. The minimum atomic E-state index is 0.122. The molecule has 1 aliphatic carbocycles. The molecule has 4 nitrogen and oxygen atoms in total. The van der Waals surface area contributed by atoms with E-state index in [2.05, 4.69) is 29.4 Å². The van der Waals surface area contributed by atoms with Gasteiger partial charge in [0.25, 0.3) is 0 Å². The number of phenolic OH excluding ortho intramolecular Hbond substituents is 1. The van der Waals surface area contributed by atoms with Gasteiger partial charge in [0, 0.05) is 5.56 Å². The Kier molecular flexibility index (Phi) is 2.93. The highest BCUT2D eigenvalue weighted by molar-refractivity contribution is 7.15. The average Bonchev–Trinajstić information content (AvgIpc) is 2.90. The van der Waals surface area contributed by atoms with Crippen molar-refractivity contribution in [2.45, 2.75) is 39.2 Å². The minimum absolute atomic E-state index is 0.122. The molecule has 0 bridgehead atoms. The van der Waals surface area contributed by atoms with E-state index in [1.807, 2.05) is 13.0 Å². The summed E-state index contributed by atoms with van der Waals surface area (Å²) in [6.45, 7) is 6.25. The number of hydrogen-bond donors (Lipinski definition) is 2. The Morgan fingerprint density at radius 1 is 1.26 bits per heavy atom. The zero-order chi connectivity index (χ0) is 13.6. The van der Waals surface area contributed by atoms with Gasteiger partial charge in [-0.05, 0) is 43.4 Å². The van der Waals surface area contributed by atoms with E-state index in [0.29, 0.717) is 11.7 Å². The summed E-state index contributed by atoms with van der Waals surface area (Å²) < 4.78 is 0. The van der Waals surface area contributed by atoms with Gasteiger partial charge in [0.1, 0.15) is 10.8 Å². The number of nitrogens with one attached hydrogen (secondary N) is 1. The van der Waals surface area contributed by atoms with Crippen LogP contribution in [-0.2, 0) is 0 Å². The van der Waals surface area contributed by atoms with Gasteiger partial charge in [-0.1, -0.05) is 24.3 Å². The normalized spacial score (nSPS) is 21.4. The maximum atomic E-state index is 10.2. The first kappa shape index (κ1) is 12.4. The van der Waals surface area contributed by atoms with Gasteiger partial charge in [-0.2, -0.15) is 0 Å². The highest BCUT2D eigenvalue weighted by Gasteiger charge is 2.32. The van der Waals surface area contributed by atoms with Gasteiger partial charge < -0.3 is 10.4 Å². The molecule has 0 saturated heterocycles. The number of phenols is 1. The third kappa shape index (κ3) is 2.08. The molecule has 1 aliphatic rings. The zero-order valence-electron chi connectivity index (χ0n) is 11.3. The second-order valence-corrected chi connectivity index (χ2v) is 6.37. The molecule has 0 spiro atoms. The summed E-state index contributed by atoms with van der Waals surface area (Å²) in [6, 6.07) is 3.89. The monoisotopic (exact) mass is 275 g/mol. The van der Waals surface area contributed by atoms with Gasteiger partial charge in [-0.25, -0.2) is 0 Å². The van der Waals surface area contributed by atoms with Gasteiger partial charge in [0.15, 0.2) is 0 Å². The molecule has 19 heavy (non-hydrogen) atoms. The van der Waals surface area contributed by atoms with Crippen LogP contribution in [0.2, 0.25) is 0 Å². The maximum absolute atomic E-state index is 10.2. The van der Waals surface area contributed by atoms with Crippen molar-refractivity contribution in [3.8, 4) is 5.75 Å². The van der Waals surface area contributed by atoms with Crippen LogP contribution >= 0.6 is 11.3 Å². The fraction of sp³-hybridized carbons (Fsp3) is 0.429. The average molecular weight is 275 g/mol. The molecular formula is C14H17N3OS. The molecule has 0 aliphatic heterocycles. The molecular weight excluding hydrogens is 258 g/mol. The number of aromatic nitrogens is 2. The summed E-state index contributed by atoms with van der Waals surface area (Å²) in [5, 5.41) is 23.4. The molecule has 1 aromatic heterocycles. The van der Waals surface area contributed by atoms with Gasteiger partial charge in [0.2, 0.25) is 5.13 Å². The van der Waals surface area contributed by atoms with Crippen LogP contribution in [0.15, 0.2) is 12.1 Å². The van der Waals surface area contributed by atoms with Crippen molar-refractivity contribution in [3.05, 3.63) is 33.8 Å². The second-order valence-electron chi connectivity index (χ2n) is 5.19. The van der Waals surface area contributed by atoms with Crippen LogP contribution in [0.5, 0.6) is 5.75 Å². The quantitative estimate of drug-likeness (QED) is 0.880. The molecule has 2 atom stereocenters. The van der Waals surface area contributed by atoms with Crippen LogP contribution in [0.1, 0.15) is 47.0 Å².